The number of carbonyl (C=O) groups excluding carboxylic acids is 2. The number of nitrogens with one attached hydrogen (secondary N) is 2. The molecule has 0 saturated carbocycles. The van der Waals surface area contributed by atoms with Gasteiger partial charge in [0.2, 0.25) is 0 Å². The van der Waals surface area contributed by atoms with Crippen LogP contribution in [0.1, 0.15) is 16.7 Å². The fourth-order valence-corrected chi connectivity index (χ4v) is 4.76. The molecule has 0 aliphatic carbocycles. The van der Waals surface area contributed by atoms with E-state index >= 15 is 0 Å². The average Bonchev–Trinajstić information content (AvgIpc) is 3.23. The Bertz CT molecular complexity index is 1130. The summed E-state index contributed by atoms with van der Waals surface area (Å²) in [6.07, 6.45) is 0.642. The maximum Gasteiger partial charge on any atom is 0.421 e. The van der Waals surface area contributed by atoms with Crippen molar-refractivity contribution in [1.29, 1.82) is 0 Å². The number of rotatable bonds is 3. The van der Waals surface area contributed by atoms with Crippen molar-refractivity contribution in [2.24, 2.45) is 0 Å². The number of nitrogens with zero attached hydrogens (tertiary/aromatic N) is 1. The molecule has 5 rings (SSSR count). The summed E-state index contributed by atoms with van der Waals surface area (Å²) in [5.41, 5.74) is 6.14. The molecule has 1 fully saturated rings. The Balaban J connectivity index is 1.50. The molecule has 148 valence electrons. The van der Waals surface area contributed by atoms with Crippen LogP contribution in [0.4, 0.5) is 5.69 Å². The summed E-state index contributed by atoms with van der Waals surface area (Å²) in [7, 11) is 0. The highest BCUT2D eigenvalue weighted by molar-refractivity contribution is 7.16. The number of aromatic nitrogens is 1. The van der Waals surface area contributed by atoms with Gasteiger partial charge < -0.3 is 20.1 Å². The van der Waals surface area contributed by atoms with Gasteiger partial charge in [-0.05, 0) is 48.4 Å². The second-order valence-electron chi connectivity index (χ2n) is 6.92. The van der Waals surface area contributed by atoms with E-state index in [1.165, 1.54) is 0 Å². The van der Waals surface area contributed by atoms with Gasteiger partial charge in [0.15, 0.2) is 0 Å². The lowest BCUT2D eigenvalue weighted by Crippen LogP contribution is -2.38. The van der Waals surface area contributed by atoms with E-state index in [0.717, 1.165) is 27.0 Å². The zero-order valence-electron chi connectivity index (χ0n) is 15.2. The van der Waals surface area contributed by atoms with Gasteiger partial charge in [0.25, 0.3) is 5.79 Å². The Hall–Kier alpha value is -2.68. The van der Waals surface area contributed by atoms with Crippen LogP contribution in [0.25, 0.3) is 10.2 Å². The van der Waals surface area contributed by atoms with Crippen LogP contribution in [-0.4, -0.2) is 30.0 Å². The van der Waals surface area contributed by atoms with E-state index in [-0.39, 0.29) is 6.54 Å². The first-order valence-electron chi connectivity index (χ1n) is 9.11. The normalized spacial score (nSPS) is 17.7. The van der Waals surface area contributed by atoms with Gasteiger partial charge in [-0.15, -0.1) is 11.3 Å². The van der Waals surface area contributed by atoms with Crippen LogP contribution < -0.4 is 10.6 Å². The third-order valence-corrected chi connectivity index (χ3v) is 6.24. The third kappa shape index (κ3) is 3.13. The number of hydrogen-bond acceptors (Lipinski definition) is 8. The number of halogens is 1. The standard InChI is InChI=1S/C20H16ClN3O4S/c21-14-3-2-13-12(5-6-22-9-20(13)27-18(25)19(26)28-20)17(14)23-8-11-1-4-15-16(7-11)29-10-24-15/h1-4,7,10,22-23H,5-6,8-9H2. The number of thiazole rings is 1. The van der Waals surface area contributed by atoms with E-state index in [1.807, 2.05) is 17.6 Å². The highest BCUT2D eigenvalue weighted by Gasteiger charge is 2.52. The second kappa shape index (κ2) is 6.98. The number of anilines is 1. The molecule has 2 aliphatic rings. The lowest BCUT2D eigenvalue weighted by atomic mass is 9.96. The minimum Gasteiger partial charge on any atom is -0.408 e. The summed E-state index contributed by atoms with van der Waals surface area (Å²) in [6, 6.07) is 9.59. The first-order chi connectivity index (χ1) is 14.1. The van der Waals surface area contributed by atoms with E-state index in [4.69, 9.17) is 21.1 Å². The summed E-state index contributed by atoms with van der Waals surface area (Å²) in [5.74, 6) is -3.42. The Morgan fingerprint density at radius 3 is 2.86 bits per heavy atom. The van der Waals surface area contributed by atoms with Gasteiger partial charge >= 0.3 is 11.9 Å². The van der Waals surface area contributed by atoms with Crippen molar-refractivity contribution in [3.63, 3.8) is 0 Å². The summed E-state index contributed by atoms with van der Waals surface area (Å²) < 4.78 is 11.8. The van der Waals surface area contributed by atoms with Crippen LogP contribution in [0.2, 0.25) is 5.02 Å². The maximum absolute atomic E-state index is 11.7. The van der Waals surface area contributed by atoms with E-state index in [9.17, 15) is 9.59 Å². The fraction of sp³-hybridized carbons (Fsp3) is 0.250. The Labute approximate surface area is 175 Å². The van der Waals surface area contributed by atoms with E-state index in [2.05, 4.69) is 21.7 Å². The fourth-order valence-electron chi connectivity index (χ4n) is 3.77. The molecule has 0 atom stereocenters. The molecule has 0 unspecified atom stereocenters. The van der Waals surface area contributed by atoms with E-state index in [1.54, 1.807) is 23.5 Å². The summed E-state index contributed by atoms with van der Waals surface area (Å²) in [4.78, 5) is 27.8. The van der Waals surface area contributed by atoms with Gasteiger partial charge in [0.05, 0.1) is 33.0 Å². The monoisotopic (exact) mass is 429 g/mol. The quantitative estimate of drug-likeness (QED) is 0.488. The largest absolute Gasteiger partial charge is 0.421 e. The number of carbonyl (C=O) groups is 2. The summed E-state index contributed by atoms with van der Waals surface area (Å²) in [5, 5.41) is 7.14. The predicted octanol–water partition coefficient (Wildman–Crippen LogP) is 2.96. The lowest BCUT2D eigenvalue weighted by molar-refractivity contribution is -0.181. The van der Waals surface area contributed by atoms with Crippen molar-refractivity contribution >= 4 is 50.8 Å². The number of fused-ring (bicyclic) bond motifs is 3. The molecule has 0 radical (unpaired) electrons. The number of esters is 2. The number of ether oxygens (including phenoxy) is 2. The van der Waals surface area contributed by atoms with Gasteiger partial charge in [-0.25, -0.2) is 14.6 Å². The topological polar surface area (TPSA) is 89.6 Å². The second-order valence-corrected chi connectivity index (χ2v) is 8.21. The molecule has 0 amide bonds. The van der Waals surface area contributed by atoms with Gasteiger partial charge in [0, 0.05) is 12.1 Å². The molecule has 29 heavy (non-hydrogen) atoms. The third-order valence-electron chi connectivity index (χ3n) is 5.13. The Kier molecular flexibility index (Phi) is 4.42. The zero-order chi connectivity index (χ0) is 20.0. The molecule has 3 aromatic rings. The molecule has 7 nitrogen and oxygen atoms in total. The summed E-state index contributed by atoms with van der Waals surface area (Å²) in [6.45, 7) is 1.39. The van der Waals surface area contributed by atoms with Crippen LogP contribution >= 0.6 is 22.9 Å². The van der Waals surface area contributed by atoms with Crippen LogP contribution in [0.15, 0.2) is 35.8 Å². The zero-order valence-corrected chi connectivity index (χ0v) is 16.7. The maximum atomic E-state index is 11.7. The van der Waals surface area contributed by atoms with Gasteiger partial charge in [-0.1, -0.05) is 17.7 Å². The molecule has 2 aromatic carbocycles. The minimum absolute atomic E-state index is 0.195. The van der Waals surface area contributed by atoms with Gasteiger partial charge in [-0.3, -0.25) is 0 Å². The molecule has 2 N–H and O–H groups in total. The SMILES string of the molecule is O=C1OC2(CNCCc3c2ccc(Cl)c3NCc2ccc3ncsc3c2)OC1=O. The van der Waals surface area contributed by atoms with Crippen molar-refractivity contribution in [2.75, 3.05) is 18.4 Å². The molecular weight excluding hydrogens is 414 g/mol. The highest BCUT2D eigenvalue weighted by Crippen LogP contribution is 2.41. The number of hydrogen-bond donors (Lipinski definition) is 2. The van der Waals surface area contributed by atoms with Crippen LogP contribution in [-0.2, 0) is 37.8 Å². The van der Waals surface area contributed by atoms with Gasteiger partial charge in [0.1, 0.15) is 0 Å². The lowest BCUT2D eigenvalue weighted by Gasteiger charge is -2.27. The molecule has 2 aliphatic heterocycles. The first-order valence-corrected chi connectivity index (χ1v) is 10.4. The minimum atomic E-state index is -1.46. The molecular formula is C20H16ClN3O4S. The van der Waals surface area contributed by atoms with Crippen molar-refractivity contribution in [3.05, 3.63) is 57.6 Å². The van der Waals surface area contributed by atoms with E-state index < -0.39 is 17.7 Å². The molecule has 9 heteroatoms. The predicted molar refractivity (Wildman–Crippen MR) is 109 cm³/mol. The molecule has 1 spiro atoms. The first kappa shape index (κ1) is 18.4. The smallest absolute Gasteiger partial charge is 0.408 e. The van der Waals surface area contributed by atoms with Crippen molar-refractivity contribution in [3.8, 4) is 0 Å². The summed E-state index contributed by atoms with van der Waals surface area (Å²) >= 11 is 8.10. The Morgan fingerprint density at radius 1 is 1.21 bits per heavy atom. The van der Waals surface area contributed by atoms with Crippen molar-refractivity contribution in [2.45, 2.75) is 18.8 Å². The van der Waals surface area contributed by atoms with Crippen molar-refractivity contribution < 1.29 is 19.1 Å². The van der Waals surface area contributed by atoms with Crippen LogP contribution in [0.5, 0.6) is 0 Å². The van der Waals surface area contributed by atoms with Crippen molar-refractivity contribution in [1.82, 2.24) is 10.3 Å². The number of benzene rings is 2. The highest BCUT2D eigenvalue weighted by atomic mass is 35.5. The average molecular weight is 430 g/mol. The molecule has 1 aromatic heterocycles. The molecule has 0 bridgehead atoms. The van der Waals surface area contributed by atoms with E-state index in [0.29, 0.717) is 30.1 Å². The Morgan fingerprint density at radius 2 is 2.03 bits per heavy atom. The van der Waals surface area contributed by atoms with Gasteiger partial charge in [-0.2, -0.15) is 0 Å². The van der Waals surface area contributed by atoms with Crippen LogP contribution in [0, 0.1) is 0 Å². The molecule has 1 saturated heterocycles. The van der Waals surface area contributed by atoms with Crippen LogP contribution in [0.3, 0.4) is 0 Å². The molecule has 3 heterocycles.